The van der Waals surface area contributed by atoms with Crippen LogP contribution in [0.1, 0.15) is 24.1 Å². The van der Waals surface area contributed by atoms with Crippen LogP contribution < -0.4 is 10.6 Å². The van der Waals surface area contributed by atoms with Crippen LogP contribution in [0.4, 0.5) is 4.79 Å². The second kappa shape index (κ2) is 13.7. The Hall–Kier alpha value is -5.50. The molecule has 6 rings (SSSR count). The molecule has 48 heavy (non-hydrogen) atoms. The van der Waals surface area contributed by atoms with Gasteiger partial charge in [0.15, 0.2) is 0 Å². The number of aldehydes is 1. The minimum Gasteiger partial charge on any atom is -0.456 e. The van der Waals surface area contributed by atoms with Crippen molar-refractivity contribution >= 4 is 64.4 Å². The van der Waals surface area contributed by atoms with E-state index in [-0.39, 0.29) is 31.9 Å². The largest absolute Gasteiger partial charge is 0.456 e. The van der Waals surface area contributed by atoms with Gasteiger partial charge < -0.3 is 25.1 Å². The number of fused-ring (bicyclic) bond motifs is 2. The van der Waals surface area contributed by atoms with E-state index in [0.29, 0.717) is 28.1 Å². The molecule has 246 valence electrons. The number of piperazine rings is 1. The van der Waals surface area contributed by atoms with Crippen LogP contribution in [0.2, 0.25) is 0 Å². The molecule has 0 saturated carbocycles. The number of amides is 6. The van der Waals surface area contributed by atoms with Gasteiger partial charge in [0.25, 0.3) is 5.91 Å². The van der Waals surface area contributed by atoms with E-state index in [1.54, 1.807) is 37.3 Å². The molecule has 3 heterocycles. The lowest BCUT2D eigenvalue weighted by atomic mass is 10.0. The third-order valence-corrected chi connectivity index (χ3v) is 9.77. The zero-order valence-electron chi connectivity index (χ0n) is 25.8. The number of thioether (sulfide) groups is 1. The van der Waals surface area contributed by atoms with E-state index in [4.69, 9.17) is 4.74 Å². The van der Waals surface area contributed by atoms with E-state index in [2.05, 4.69) is 10.6 Å². The molecular weight excluding hydrogens is 638 g/mol. The smallest absolute Gasteiger partial charge is 0.355 e. The van der Waals surface area contributed by atoms with Gasteiger partial charge in [-0.2, -0.15) is 0 Å². The maximum Gasteiger partial charge on any atom is 0.355 e. The number of benzene rings is 3. The van der Waals surface area contributed by atoms with E-state index in [0.717, 1.165) is 21.2 Å². The van der Waals surface area contributed by atoms with E-state index >= 15 is 0 Å². The number of carbonyl (C=O) groups is 7. The summed E-state index contributed by atoms with van der Waals surface area (Å²) in [5.74, 6) is -3.59. The van der Waals surface area contributed by atoms with Gasteiger partial charge in [0, 0.05) is 18.8 Å². The lowest BCUT2D eigenvalue weighted by Gasteiger charge is -2.49. The highest BCUT2D eigenvalue weighted by Gasteiger charge is 2.54. The van der Waals surface area contributed by atoms with Crippen molar-refractivity contribution in [3.63, 3.8) is 0 Å². The lowest BCUT2D eigenvalue weighted by molar-refractivity contribution is -0.154. The minimum absolute atomic E-state index is 0.0130. The van der Waals surface area contributed by atoms with Crippen molar-refractivity contribution in [3.05, 3.63) is 95.2 Å². The molecule has 1 unspecified atom stereocenters. The summed E-state index contributed by atoms with van der Waals surface area (Å²) in [5, 5.41) is 6.70. The number of urea groups is 1. The van der Waals surface area contributed by atoms with Gasteiger partial charge in [-0.05, 0) is 40.5 Å². The van der Waals surface area contributed by atoms with Crippen LogP contribution in [0.5, 0.6) is 0 Å². The van der Waals surface area contributed by atoms with Gasteiger partial charge in [-0.25, -0.2) is 9.59 Å². The van der Waals surface area contributed by atoms with E-state index in [9.17, 15) is 33.6 Å². The molecule has 2 saturated heterocycles. The predicted molar refractivity (Wildman–Crippen MR) is 174 cm³/mol. The Labute approximate surface area is 279 Å². The summed E-state index contributed by atoms with van der Waals surface area (Å²) in [5.41, 5.74) is 1.97. The summed E-state index contributed by atoms with van der Waals surface area (Å²) in [6.45, 7) is 1.27. The summed E-state index contributed by atoms with van der Waals surface area (Å²) in [6, 6.07) is 18.5. The van der Waals surface area contributed by atoms with Crippen LogP contribution in [0.15, 0.2) is 84.1 Å². The van der Waals surface area contributed by atoms with E-state index in [1.165, 1.54) is 16.7 Å². The zero-order chi connectivity index (χ0) is 33.9. The summed E-state index contributed by atoms with van der Waals surface area (Å²) < 4.78 is 5.63. The normalized spacial score (nSPS) is 19.8. The minimum atomic E-state index is -1.33. The SMILES string of the molecule is CC1=C(C(=O)OCc2ccc3ccccc3c2)N2C(=O)C(NC(=O)[C@@H](NC(=O)N3CCN(CC=O)C(=O)C3=O)c3ccccc3)[C@H]2SC1. The highest BCUT2D eigenvalue weighted by atomic mass is 32.2. The Balaban J connectivity index is 1.12. The number of nitrogens with zero attached hydrogens (tertiary/aromatic N) is 3. The van der Waals surface area contributed by atoms with E-state index < -0.39 is 53.1 Å². The molecule has 2 N–H and O–H groups in total. The first-order chi connectivity index (χ1) is 23.2. The molecule has 3 atom stereocenters. The molecule has 3 aromatic carbocycles. The lowest BCUT2D eigenvalue weighted by Crippen LogP contribution is -2.71. The summed E-state index contributed by atoms with van der Waals surface area (Å²) in [6.07, 6.45) is 0.485. The molecule has 2 fully saturated rings. The predicted octanol–water partition coefficient (Wildman–Crippen LogP) is 1.88. The first-order valence-electron chi connectivity index (χ1n) is 15.2. The van der Waals surface area contributed by atoms with Crippen LogP contribution in [-0.2, 0) is 40.1 Å². The molecule has 13 nitrogen and oxygen atoms in total. The van der Waals surface area contributed by atoms with Crippen molar-refractivity contribution in [1.82, 2.24) is 25.3 Å². The van der Waals surface area contributed by atoms with Gasteiger partial charge in [-0.1, -0.05) is 66.7 Å². The molecule has 6 amide bonds. The maximum atomic E-state index is 13.7. The quantitative estimate of drug-likeness (QED) is 0.150. The van der Waals surface area contributed by atoms with Crippen molar-refractivity contribution in [2.75, 3.05) is 25.4 Å². The summed E-state index contributed by atoms with van der Waals surface area (Å²) >= 11 is 1.38. The molecule has 0 spiro atoms. The van der Waals surface area contributed by atoms with Gasteiger partial charge in [-0.3, -0.25) is 29.0 Å². The first-order valence-corrected chi connectivity index (χ1v) is 16.2. The van der Waals surface area contributed by atoms with Gasteiger partial charge >= 0.3 is 23.8 Å². The average Bonchev–Trinajstić information content (AvgIpc) is 3.10. The average molecular weight is 670 g/mol. The number of ether oxygens (including phenoxy) is 1. The van der Waals surface area contributed by atoms with Gasteiger partial charge in [0.05, 0.1) is 6.54 Å². The molecule has 0 aliphatic carbocycles. The number of hydrogen-bond acceptors (Lipinski definition) is 9. The van der Waals surface area contributed by atoms with Crippen LogP contribution in [0.25, 0.3) is 10.8 Å². The van der Waals surface area contributed by atoms with Gasteiger partial charge in [-0.15, -0.1) is 11.8 Å². The number of β-lactam (4-membered cyclic amide) rings is 1. The molecular formula is C34H31N5O8S. The Morgan fingerprint density at radius 3 is 2.44 bits per heavy atom. The third kappa shape index (κ3) is 6.26. The monoisotopic (exact) mass is 669 g/mol. The van der Waals surface area contributed by atoms with Crippen LogP contribution in [-0.4, -0.2) is 93.4 Å². The van der Waals surface area contributed by atoms with Gasteiger partial charge in [0.1, 0.15) is 36.0 Å². The summed E-state index contributed by atoms with van der Waals surface area (Å²) in [4.78, 5) is 92.5. The number of nitrogens with one attached hydrogen (secondary N) is 2. The fourth-order valence-corrected chi connectivity index (χ4v) is 7.12. The molecule has 3 aliphatic heterocycles. The molecule has 14 heteroatoms. The van der Waals surface area contributed by atoms with Crippen LogP contribution >= 0.6 is 11.8 Å². The number of rotatable bonds is 9. The molecule has 0 radical (unpaired) electrons. The highest BCUT2D eigenvalue weighted by Crippen LogP contribution is 2.40. The van der Waals surface area contributed by atoms with Crippen LogP contribution in [0, 0.1) is 0 Å². The fraction of sp³-hybridized carbons (Fsp3) is 0.265. The molecule has 3 aromatic rings. The zero-order valence-corrected chi connectivity index (χ0v) is 26.6. The number of imide groups is 1. The molecule has 0 aromatic heterocycles. The van der Waals surface area contributed by atoms with E-state index in [1.807, 2.05) is 42.5 Å². The number of esters is 1. The fourth-order valence-electron chi connectivity index (χ4n) is 5.82. The topological polar surface area (TPSA) is 162 Å². The maximum absolute atomic E-state index is 13.7. The Bertz CT molecular complexity index is 1860. The van der Waals surface area contributed by atoms with Crippen molar-refractivity contribution in [1.29, 1.82) is 0 Å². The van der Waals surface area contributed by atoms with Crippen molar-refractivity contribution in [2.45, 2.75) is 31.0 Å². The number of carbonyl (C=O) groups excluding carboxylic acids is 7. The van der Waals surface area contributed by atoms with Crippen molar-refractivity contribution < 1.29 is 38.3 Å². The number of hydrogen-bond donors (Lipinski definition) is 2. The highest BCUT2D eigenvalue weighted by molar-refractivity contribution is 8.00. The second-order valence-electron chi connectivity index (χ2n) is 11.5. The molecule has 3 aliphatic rings. The first kappa shape index (κ1) is 32.4. The third-order valence-electron chi connectivity index (χ3n) is 8.35. The Kier molecular flexibility index (Phi) is 9.26. The Morgan fingerprint density at radius 2 is 1.69 bits per heavy atom. The van der Waals surface area contributed by atoms with Gasteiger partial charge in [0.2, 0.25) is 5.91 Å². The van der Waals surface area contributed by atoms with Crippen LogP contribution in [0.3, 0.4) is 0 Å². The Morgan fingerprint density at radius 1 is 0.958 bits per heavy atom. The second-order valence-corrected chi connectivity index (χ2v) is 12.6. The van der Waals surface area contributed by atoms with Crippen molar-refractivity contribution in [2.24, 2.45) is 0 Å². The molecule has 0 bridgehead atoms. The summed E-state index contributed by atoms with van der Waals surface area (Å²) in [7, 11) is 0. The standard InChI is InChI=1S/C34H31N5O8S/c1-20-19-48-32-26(29(42)39(32)27(20)33(45)47-18-21-11-12-22-7-5-6-10-24(22)17-21)35-28(41)25(23-8-3-2-4-9-23)36-34(46)38-14-13-37(15-16-40)30(43)31(38)44/h2-12,16-17,25-26,32H,13-15,18-19H2,1H3,(H,35,41)(H,36,46)/t25-,26?,32+/m0/s1. The van der Waals surface area contributed by atoms with Crippen molar-refractivity contribution in [3.8, 4) is 0 Å².